The van der Waals surface area contributed by atoms with Crippen LogP contribution in [0.15, 0.2) is 106 Å². The molecule has 8 heteroatoms. The molecule has 0 aliphatic carbocycles. The number of hydrogen-bond acceptors (Lipinski definition) is 7. The molecule has 7 nitrogen and oxygen atoms in total. The van der Waals surface area contributed by atoms with E-state index in [1.54, 1.807) is 11.3 Å². The third kappa shape index (κ3) is 4.31. The van der Waals surface area contributed by atoms with Gasteiger partial charge in [-0.05, 0) is 80.7 Å². The number of aryl methyl sites for hydroxylation is 1. The number of nitrogens with one attached hydrogen (secondary N) is 1. The molecule has 0 saturated carbocycles. The van der Waals surface area contributed by atoms with Gasteiger partial charge in [0.1, 0.15) is 6.04 Å². The highest BCUT2D eigenvalue weighted by atomic mass is 32.1. The average Bonchev–Trinajstić information content (AvgIpc) is 3.67. The first kappa shape index (κ1) is 25.3. The Morgan fingerprint density at radius 2 is 1.61 bits per heavy atom. The van der Waals surface area contributed by atoms with E-state index in [1.807, 2.05) is 28.9 Å². The first-order chi connectivity index (χ1) is 20.2. The van der Waals surface area contributed by atoms with Crippen molar-refractivity contribution in [2.75, 3.05) is 28.2 Å². The molecule has 7 rings (SSSR count). The quantitative estimate of drug-likeness (QED) is 0.231. The molecule has 4 heterocycles. The van der Waals surface area contributed by atoms with Crippen LogP contribution in [0.4, 0.5) is 28.6 Å². The van der Waals surface area contributed by atoms with Crippen molar-refractivity contribution in [3.8, 4) is 5.69 Å². The second-order valence-electron chi connectivity index (χ2n) is 10.1. The minimum absolute atomic E-state index is 0.0894. The first-order valence-electron chi connectivity index (χ1n) is 14.0. The number of benzene rings is 3. The zero-order valence-electron chi connectivity index (χ0n) is 23.3. The topological polar surface area (TPSA) is 61.0 Å². The number of rotatable bonds is 6. The highest BCUT2D eigenvalue weighted by molar-refractivity contribution is 7.10. The molecule has 0 saturated heterocycles. The molecule has 2 aliphatic rings. The average molecular weight is 558 g/mol. The largest absolute Gasteiger partial charge is 0.372 e. The predicted octanol–water partition coefficient (Wildman–Crippen LogP) is 7.88. The fraction of sp³-hybridized carbons (Fsp3) is 0.182. The lowest BCUT2D eigenvalue weighted by Crippen LogP contribution is -2.46. The Labute approximate surface area is 244 Å². The number of aromatic nitrogens is 2. The Morgan fingerprint density at radius 3 is 2.34 bits per heavy atom. The van der Waals surface area contributed by atoms with Gasteiger partial charge in [-0.15, -0.1) is 11.3 Å². The van der Waals surface area contributed by atoms with E-state index in [9.17, 15) is 0 Å². The third-order valence-corrected chi connectivity index (χ3v) is 8.64. The monoisotopic (exact) mass is 557 g/mol. The maximum Gasteiger partial charge on any atom is 0.179 e. The van der Waals surface area contributed by atoms with Crippen molar-refractivity contribution in [3.05, 3.63) is 113 Å². The highest BCUT2D eigenvalue weighted by Crippen LogP contribution is 2.49. The van der Waals surface area contributed by atoms with Crippen LogP contribution in [0.5, 0.6) is 0 Å². The van der Waals surface area contributed by atoms with Crippen LogP contribution in [0, 0.1) is 6.92 Å². The number of amidine groups is 2. The molecule has 1 atom stereocenters. The molecule has 5 aromatic rings. The van der Waals surface area contributed by atoms with Gasteiger partial charge in [0.15, 0.2) is 17.5 Å². The summed E-state index contributed by atoms with van der Waals surface area (Å²) in [5.74, 6) is 2.33. The van der Waals surface area contributed by atoms with Crippen molar-refractivity contribution >= 4 is 51.6 Å². The van der Waals surface area contributed by atoms with E-state index < -0.39 is 0 Å². The summed E-state index contributed by atoms with van der Waals surface area (Å²) in [4.78, 5) is 16.3. The van der Waals surface area contributed by atoms with E-state index in [4.69, 9.17) is 15.1 Å². The summed E-state index contributed by atoms with van der Waals surface area (Å²) < 4.78 is 1.96. The lowest BCUT2D eigenvalue weighted by atomic mass is 9.98. The summed E-state index contributed by atoms with van der Waals surface area (Å²) in [5.41, 5.74) is 7.17. The maximum atomic E-state index is 5.32. The molecule has 204 valence electrons. The minimum Gasteiger partial charge on any atom is -0.372 e. The fourth-order valence-corrected chi connectivity index (χ4v) is 6.57. The molecule has 0 fully saturated rings. The molecule has 3 aromatic carbocycles. The highest BCUT2D eigenvalue weighted by Gasteiger charge is 2.41. The molecular formula is C33H31N7S. The number of hydrogen-bond donors (Lipinski definition) is 1. The lowest BCUT2D eigenvalue weighted by molar-refractivity contribution is 0.830. The van der Waals surface area contributed by atoms with Gasteiger partial charge in [0.2, 0.25) is 0 Å². The molecule has 0 spiro atoms. The van der Waals surface area contributed by atoms with Crippen LogP contribution >= 0.6 is 11.3 Å². The number of nitrogens with zero attached hydrogens (tertiary/aromatic N) is 6. The van der Waals surface area contributed by atoms with Crippen molar-refractivity contribution in [1.82, 2.24) is 9.78 Å². The summed E-state index contributed by atoms with van der Waals surface area (Å²) in [5, 5.41) is 10.8. The Bertz CT molecular complexity index is 1750. The van der Waals surface area contributed by atoms with E-state index in [1.165, 1.54) is 10.6 Å². The van der Waals surface area contributed by atoms with Crippen LogP contribution in [0.2, 0.25) is 0 Å². The standard InChI is InChI=1S/C33H31N7S/c1-4-38(5-2)24-19-17-23(18-20-24)34-31-33-36-32-29(22(3)37-40(32)25-12-7-6-8-13-25)30(28-16-11-21-41-28)39(33)27-15-10-9-14-26(27)35-31/h6-21,30H,4-5H2,1-3H3,(H,34,35)/t30-/m0/s1. The summed E-state index contributed by atoms with van der Waals surface area (Å²) in [6.45, 7) is 8.39. The molecule has 41 heavy (non-hydrogen) atoms. The van der Waals surface area contributed by atoms with E-state index in [2.05, 4.69) is 108 Å². The van der Waals surface area contributed by atoms with Gasteiger partial charge in [-0.25, -0.2) is 14.7 Å². The Balaban J connectivity index is 1.40. The second-order valence-corrected chi connectivity index (χ2v) is 11.1. The smallest absolute Gasteiger partial charge is 0.179 e. The van der Waals surface area contributed by atoms with Gasteiger partial charge in [-0.3, -0.25) is 0 Å². The number of fused-ring (bicyclic) bond motifs is 4. The Kier molecular flexibility index (Phi) is 6.40. The number of thiophene rings is 1. The Hall–Kier alpha value is -4.69. The zero-order chi connectivity index (χ0) is 27.9. The van der Waals surface area contributed by atoms with Crippen molar-refractivity contribution in [2.24, 2.45) is 9.98 Å². The third-order valence-electron chi connectivity index (χ3n) is 7.71. The van der Waals surface area contributed by atoms with Crippen LogP contribution in [0.25, 0.3) is 5.69 Å². The molecule has 0 radical (unpaired) electrons. The number of aliphatic imine (C=N–C) groups is 2. The Morgan fingerprint density at radius 1 is 0.854 bits per heavy atom. The van der Waals surface area contributed by atoms with Crippen LogP contribution in [-0.2, 0) is 0 Å². The van der Waals surface area contributed by atoms with E-state index in [0.29, 0.717) is 5.84 Å². The van der Waals surface area contributed by atoms with Gasteiger partial charge in [0, 0.05) is 34.9 Å². The minimum atomic E-state index is -0.0894. The molecular weight excluding hydrogens is 526 g/mol. The van der Waals surface area contributed by atoms with Crippen molar-refractivity contribution in [1.29, 1.82) is 0 Å². The van der Waals surface area contributed by atoms with Crippen LogP contribution < -0.4 is 15.1 Å². The van der Waals surface area contributed by atoms with E-state index in [0.717, 1.165) is 58.7 Å². The van der Waals surface area contributed by atoms with E-state index in [-0.39, 0.29) is 6.04 Å². The van der Waals surface area contributed by atoms with Gasteiger partial charge in [-0.1, -0.05) is 36.4 Å². The SMILES string of the molecule is CCN(CC)c1ccc(NC2=Nc3ccccc3N3C2=Nc2c(c(C)nn2-c2ccccc2)[C@@H]3c2cccs2)cc1. The van der Waals surface area contributed by atoms with Crippen molar-refractivity contribution in [3.63, 3.8) is 0 Å². The van der Waals surface area contributed by atoms with Gasteiger partial charge >= 0.3 is 0 Å². The molecule has 1 N–H and O–H groups in total. The first-order valence-corrected chi connectivity index (χ1v) is 14.9. The van der Waals surface area contributed by atoms with E-state index >= 15 is 0 Å². The lowest BCUT2D eigenvalue weighted by Gasteiger charge is -2.40. The van der Waals surface area contributed by atoms with Crippen molar-refractivity contribution < 1.29 is 0 Å². The fourth-order valence-electron chi connectivity index (χ4n) is 5.74. The van der Waals surface area contributed by atoms with Crippen molar-refractivity contribution in [2.45, 2.75) is 26.8 Å². The van der Waals surface area contributed by atoms with Gasteiger partial charge in [0.25, 0.3) is 0 Å². The molecule has 2 aromatic heterocycles. The summed E-state index contributed by atoms with van der Waals surface area (Å²) >= 11 is 1.75. The molecule has 2 aliphatic heterocycles. The maximum absolute atomic E-state index is 5.32. The zero-order valence-corrected chi connectivity index (χ0v) is 24.1. The van der Waals surface area contributed by atoms with Crippen LogP contribution in [-0.4, -0.2) is 34.5 Å². The predicted molar refractivity (Wildman–Crippen MR) is 171 cm³/mol. The molecule has 0 unspecified atom stereocenters. The second kappa shape index (κ2) is 10.4. The van der Waals surface area contributed by atoms with Gasteiger partial charge in [-0.2, -0.15) is 5.10 Å². The molecule has 0 amide bonds. The van der Waals surface area contributed by atoms with Crippen LogP contribution in [0.1, 0.15) is 36.0 Å². The molecule has 0 bridgehead atoms. The van der Waals surface area contributed by atoms with Gasteiger partial charge in [0.05, 0.1) is 22.8 Å². The number of para-hydroxylation sites is 3. The normalized spacial score (nSPS) is 15.4. The summed E-state index contributed by atoms with van der Waals surface area (Å²) in [7, 11) is 0. The van der Waals surface area contributed by atoms with Gasteiger partial charge < -0.3 is 15.1 Å². The summed E-state index contributed by atoms with van der Waals surface area (Å²) in [6.07, 6.45) is 0. The number of anilines is 3. The van der Waals surface area contributed by atoms with Crippen LogP contribution in [0.3, 0.4) is 0 Å². The summed E-state index contributed by atoms with van der Waals surface area (Å²) in [6, 6.07) is 31.3.